The first kappa shape index (κ1) is 11.3. The summed E-state index contributed by atoms with van der Waals surface area (Å²) in [6.07, 6.45) is 1.52. The van der Waals surface area contributed by atoms with E-state index in [4.69, 9.17) is 4.42 Å². The number of hydrogen-bond donors (Lipinski definition) is 0. The minimum atomic E-state index is 0.470. The quantitative estimate of drug-likeness (QED) is 0.781. The third-order valence-corrected chi connectivity index (χ3v) is 4.87. The van der Waals surface area contributed by atoms with Gasteiger partial charge in [-0.05, 0) is 41.4 Å². The van der Waals surface area contributed by atoms with E-state index in [1.165, 1.54) is 25.2 Å². The number of nitrogens with zero attached hydrogens (tertiary/aromatic N) is 2. The third kappa shape index (κ3) is 1.67. The Morgan fingerprint density at radius 1 is 1.21 bits per heavy atom. The molecular formula is C16H20N2O. The van der Waals surface area contributed by atoms with Gasteiger partial charge in [0.15, 0.2) is 12.0 Å². The Hall–Kier alpha value is -1.51. The molecule has 0 N–H and O–H groups in total. The van der Waals surface area contributed by atoms with Crippen LogP contribution in [0.1, 0.15) is 20.8 Å². The number of rotatable bonds is 1. The van der Waals surface area contributed by atoms with Crippen molar-refractivity contribution in [2.45, 2.75) is 20.8 Å². The first-order chi connectivity index (χ1) is 9.04. The summed E-state index contributed by atoms with van der Waals surface area (Å²) in [6, 6.07) is 6.34. The second-order valence-electron chi connectivity index (χ2n) is 7.13. The van der Waals surface area contributed by atoms with Crippen LogP contribution < -0.4 is 4.90 Å². The summed E-state index contributed by atoms with van der Waals surface area (Å²) in [4.78, 5) is 6.75. The van der Waals surface area contributed by atoms with Gasteiger partial charge in [0.05, 0.1) is 0 Å². The van der Waals surface area contributed by atoms with E-state index in [1.54, 1.807) is 0 Å². The number of aromatic nitrogens is 1. The van der Waals surface area contributed by atoms with Crippen molar-refractivity contribution >= 4 is 16.8 Å². The topological polar surface area (TPSA) is 29.3 Å². The van der Waals surface area contributed by atoms with Gasteiger partial charge < -0.3 is 9.32 Å². The van der Waals surface area contributed by atoms with Crippen LogP contribution in [0.25, 0.3) is 11.1 Å². The second-order valence-corrected chi connectivity index (χ2v) is 7.13. The predicted molar refractivity (Wildman–Crippen MR) is 76.1 cm³/mol. The lowest BCUT2D eigenvalue weighted by Crippen LogP contribution is -2.27. The maximum Gasteiger partial charge on any atom is 0.181 e. The fourth-order valence-electron chi connectivity index (χ4n) is 4.06. The van der Waals surface area contributed by atoms with E-state index in [-0.39, 0.29) is 0 Å². The molecule has 2 atom stereocenters. The maximum absolute atomic E-state index is 5.30. The van der Waals surface area contributed by atoms with Gasteiger partial charge in [0, 0.05) is 18.8 Å². The minimum absolute atomic E-state index is 0.470. The van der Waals surface area contributed by atoms with Crippen LogP contribution in [0, 0.1) is 23.2 Å². The highest BCUT2D eigenvalue weighted by Gasteiger charge is 2.59. The Balaban J connectivity index is 1.54. The highest BCUT2D eigenvalue weighted by Crippen LogP contribution is 2.60. The number of piperidine rings is 1. The van der Waals surface area contributed by atoms with Crippen molar-refractivity contribution in [2.75, 3.05) is 18.0 Å². The molecule has 1 saturated heterocycles. The zero-order valence-corrected chi connectivity index (χ0v) is 11.8. The summed E-state index contributed by atoms with van der Waals surface area (Å²) in [5.74, 6) is 2.71. The molecule has 2 unspecified atom stereocenters. The van der Waals surface area contributed by atoms with E-state index < -0.39 is 0 Å². The molecule has 1 aliphatic carbocycles. The molecule has 100 valence electrons. The second kappa shape index (κ2) is 3.53. The molecule has 19 heavy (non-hydrogen) atoms. The average molecular weight is 256 g/mol. The first-order valence-corrected chi connectivity index (χ1v) is 7.12. The molecule has 1 aromatic heterocycles. The lowest BCUT2D eigenvalue weighted by Gasteiger charge is -2.27. The number of fused-ring (bicyclic) bond motifs is 2. The van der Waals surface area contributed by atoms with Crippen LogP contribution >= 0.6 is 0 Å². The van der Waals surface area contributed by atoms with E-state index in [2.05, 4.69) is 42.8 Å². The molecule has 1 aromatic carbocycles. The van der Waals surface area contributed by atoms with Crippen molar-refractivity contribution in [3.05, 3.63) is 24.6 Å². The van der Waals surface area contributed by atoms with Crippen molar-refractivity contribution in [1.29, 1.82) is 0 Å². The molecule has 3 heteroatoms. The van der Waals surface area contributed by atoms with Crippen LogP contribution in [0.4, 0.5) is 5.69 Å². The monoisotopic (exact) mass is 256 g/mol. The molecule has 2 fully saturated rings. The van der Waals surface area contributed by atoms with Gasteiger partial charge in [-0.3, -0.25) is 0 Å². The fraction of sp³-hybridized carbons (Fsp3) is 0.562. The normalized spacial score (nSPS) is 29.8. The molecule has 0 bridgehead atoms. The van der Waals surface area contributed by atoms with E-state index in [9.17, 15) is 0 Å². The van der Waals surface area contributed by atoms with Crippen LogP contribution in [-0.4, -0.2) is 18.1 Å². The largest absolute Gasteiger partial charge is 0.443 e. The third-order valence-electron chi connectivity index (χ3n) is 4.87. The number of anilines is 1. The van der Waals surface area contributed by atoms with Gasteiger partial charge in [0.1, 0.15) is 5.52 Å². The summed E-state index contributed by atoms with van der Waals surface area (Å²) in [5.41, 5.74) is 3.60. The van der Waals surface area contributed by atoms with Gasteiger partial charge in [-0.25, -0.2) is 4.98 Å². The van der Waals surface area contributed by atoms with Crippen molar-refractivity contribution in [2.24, 2.45) is 23.2 Å². The molecule has 0 spiro atoms. The van der Waals surface area contributed by atoms with E-state index in [1.807, 2.05) is 6.07 Å². The molecular weight excluding hydrogens is 236 g/mol. The van der Waals surface area contributed by atoms with Crippen molar-refractivity contribution in [3.8, 4) is 0 Å². The summed E-state index contributed by atoms with van der Waals surface area (Å²) in [5, 5.41) is 0. The number of benzene rings is 1. The standard InChI is InChI=1S/C16H20N2O/c1-16(2,3)15-11-7-18(8-12(11)15)10-4-5-14-13(6-10)17-9-19-14/h4-6,9,11-12,15H,7-8H2,1-3H3. The fourth-order valence-corrected chi connectivity index (χ4v) is 4.06. The Morgan fingerprint density at radius 3 is 2.63 bits per heavy atom. The van der Waals surface area contributed by atoms with Crippen LogP contribution in [0.15, 0.2) is 29.0 Å². The van der Waals surface area contributed by atoms with E-state index in [0.717, 1.165) is 28.9 Å². The first-order valence-electron chi connectivity index (χ1n) is 7.12. The van der Waals surface area contributed by atoms with Gasteiger partial charge in [-0.1, -0.05) is 20.8 Å². The predicted octanol–water partition coefficient (Wildman–Crippen LogP) is 3.56. The van der Waals surface area contributed by atoms with E-state index in [0.29, 0.717) is 5.41 Å². The lowest BCUT2D eigenvalue weighted by atomic mass is 9.87. The van der Waals surface area contributed by atoms with E-state index >= 15 is 0 Å². The van der Waals surface area contributed by atoms with Gasteiger partial charge in [0.2, 0.25) is 0 Å². The molecule has 2 aromatic rings. The minimum Gasteiger partial charge on any atom is -0.443 e. The number of hydrogen-bond acceptors (Lipinski definition) is 3. The van der Waals surface area contributed by atoms with Crippen LogP contribution in [-0.2, 0) is 0 Å². The maximum atomic E-state index is 5.30. The van der Waals surface area contributed by atoms with Crippen LogP contribution in [0.5, 0.6) is 0 Å². The number of oxazole rings is 1. The Morgan fingerprint density at radius 2 is 1.95 bits per heavy atom. The average Bonchev–Trinajstić information content (AvgIpc) is 2.77. The Kier molecular flexibility index (Phi) is 2.10. The smallest absolute Gasteiger partial charge is 0.181 e. The molecule has 1 aliphatic heterocycles. The van der Waals surface area contributed by atoms with Gasteiger partial charge in [-0.2, -0.15) is 0 Å². The molecule has 1 saturated carbocycles. The lowest BCUT2D eigenvalue weighted by molar-refractivity contribution is 0.309. The van der Waals surface area contributed by atoms with Gasteiger partial charge >= 0.3 is 0 Å². The molecule has 4 rings (SSSR count). The SMILES string of the molecule is CC(C)(C)C1C2CN(c3ccc4ocnc4c3)CC21. The molecule has 2 heterocycles. The zero-order chi connectivity index (χ0) is 13.2. The summed E-state index contributed by atoms with van der Waals surface area (Å²) >= 11 is 0. The van der Waals surface area contributed by atoms with Crippen molar-refractivity contribution in [3.63, 3.8) is 0 Å². The molecule has 0 amide bonds. The Labute approximate surface area is 113 Å². The van der Waals surface area contributed by atoms with Gasteiger partial charge in [0.25, 0.3) is 0 Å². The summed E-state index contributed by atoms with van der Waals surface area (Å²) in [7, 11) is 0. The Bertz CT molecular complexity index is 613. The van der Waals surface area contributed by atoms with Crippen molar-refractivity contribution < 1.29 is 4.42 Å². The molecule has 2 aliphatic rings. The zero-order valence-electron chi connectivity index (χ0n) is 11.8. The summed E-state index contributed by atoms with van der Waals surface area (Å²) < 4.78 is 5.30. The summed E-state index contributed by atoms with van der Waals surface area (Å²) in [6.45, 7) is 9.54. The molecule has 3 nitrogen and oxygen atoms in total. The highest BCUT2D eigenvalue weighted by atomic mass is 16.3. The molecule has 0 radical (unpaired) electrons. The van der Waals surface area contributed by atoms with Crippen LogP contribution in [0.3, 0.4) is 0 Å². The van der Waals surface area contributed by atoms with Gasteiger partial charge in [-0.15, -0.1) is 0 Å². The van der Waals surface area contributed by atoms with Crippen molar-refractivity contribution in [1.82, 2.24) is 4.98 Å². The highest BCUT2D eigenvalue weighted by molar-refractivity contribution is 5.77. The van der Waals surface area contributed by atoms with Crippen LogP contribution in [0.2, 0.25) is 0 Å².